The number of amides is 2. The van der Waals surface area contributed by atoms with Crippen LogP contribution in [0.5, 0.6) is 0 Å². The van der Waals surface area contributed by atoms with Crippen molar-refractivity contribution in [3.8, 4) is 0 Å². The van der Waals surface area contributed by atoms with E-state index in [0.29, 0.717) is 44.1 Å². The quantitative estimate of drug-likeness (QED) is 0.337. The van der Waals surface area contributed by atoms with Gasteiger partial charge in [0.1, 0.15) is 6.10 Å². The van der Waals surface area contributed by atoms with Gasteiger partial charge in [-0.05, 0) is 93.8 Å². The molecule has 4 rings (SSSR count). The molecular weight excluding hydrogens is 472 g/mol. The molecule has 1 aliphatic heterocycles. The number of nitrogens with zero attached hydrogens (tertiary/aromatic N) is 1. The second-order valence-corrected chi connectivity index (χ2v) is 12.5. The molecule has 7 atom stereocenters. The third-order valence-corrected chi connectivity index (χ3v) is 10.3. The highest BCUT2D eigenvalue weighted by Gasteiger charge is 2.51. The summed E-state index contributed by atoms with van der Waals surface area (Å²) in [5.74, 6) is -2.42. The SMILES string of the molecule is C[C@H](CC(C(=O)O)C1CCCCN1C(N)=O)[C@H]1CC[C@H]2C(=CC=C3CCC(O)C(O)(O)C3)CCC[C@]12C. The number of carboxylic acids is 1. The molecule has 0 bridgehead atoms. The van der Waals surface area contributed by atoms with Crippen LogP contribution in [0.15, 0.2) is 23.3 Å². The van der Waals surface area contributed by atoms with Crippen molar-refractivity contribution in [3.63, 3.8) is 0 Å². The minimum atomic E-state index is -2.05. The number of hydrogen-bond acceptors (Lipinski definition) is 5. The fraction of sp³-hybridized carbons (Fsp3) is 0.793. The van der Waals surface area contributed by atoms with Crippen molar-refractivity contribution in [2.45, 2.75) is 109 Å². The highest BCUT2D eigenvalue weighted by Crippen LogP contribution is 2.60. The van der Waals surface area contributed by atoms with Gasteiger partial charge in [-0.25, -0.2) is 4.79 Å². The van der Waals surface area contributed by atoms with Gasteiger partial charge in [-0.1, -0.05) is 37.1 Å². The van der Waals surface area contributed by atoms with Crippen LogP contribution in [0.25, 0.3) is 0 Å². The number of rotatable bonds is 6. The molecule has 0 aromatic carbocycles. The van der Waals surface area contributed by atoms with Crippen LogP contribution >= 0.6 is 0 Å². The van der Waals surface area contributed by atoms with Gasteiger partial charge >= 0.3 is 12.0 Å². The second-order valence-electron chi connectivity index (χ2n) is 12.5. The molecule has 1 heterocycles. The second kappa shape index (κ2) is 11.1. The number of aliphatic hydroxyl groups is 3. The Morgan fingerprint density at radius 2 is 1.86 bits per heavy atom. The molecule has 1 saturated heterocycles. The number of fused-ring (bicyclic) bond motifs is 1. The number of likely N-dealkylation sites (tertiary alicyclic amines) is 1. The van der Waals surface area contributed by atoms with Gasteiger partial charge in [0.15, 0.2) is 5.79 Å². The predicted octanol–water partition coefficient (Wildman–Crippen LogP) is 3.94. The zero-order valence-corrected chi connectivity index (χ0v) is 22.4. The first-order chi connectivity index (χ1) is 17.4. The number of primary amides is 1. The molecule has 0 aromatic heterocycles. The summed E-state index contributed by atoms with van der Waals surface area (Å²) in [5.41, 5.74) is 8.08. The number of aliphatic hydroxyl groups excluding tert-OH is 1. The van der Waals surface area contributed by atoms with E-state index in [1.54, 1.807) is 4.90 Å². The Labute approximate surface area is 220 Å². The summed E-state index contributed by atoms with van der Waals surface area (Å²) in [6, 6.07) is -0.844. The minimum absolute atomic E-state index is 0.0691. The zero-order valence-electron chi connectivity index (χ0n) is 22.4. The smallest absolute Gasteiger partial charge is 0.315 e. The summed E-state index contributed by atoms with van der Waals surface area (Å²) in [5, 5.41) is 40.1. The van der Waals surface area contributed by atoms with Gasteiger partial charge in [0.05, 0.1) is 5.92 Å². The molecule has 208 valence electrons. The molecule has 3 saturated carbocycles. The molecule has 2 amide bonds. The van der Waals surface area contributed by atoms with E-state index in [0.717, 1.165) is 50.5 Å². The van der Waals surface area contributed by atoms with E-state index in [1.165, 1.54) is 5.57 Å². The van der Waals surface area contributed by atoms with Crippen molar-refractivity contribution in [2.75, 3.05) is 6.54 Å². The van der Waals surface area contributed by atoms with Gasteiger partial charge in [-0.3, -0.25) is 4.79 Å². The molecular formula is C29H46N2O6. The number of carbonyl (C=O) groups is 2. The Bertz CT molecular complexity index is 929. The largest absolute Gasteiger partial charge is 0.481 e. The third kappa shape index (κ3) is 5.76. The Hall–Kier alpha value is -1.90. The summed E-state index contributed by atoms with van der Waals surface area (Å²) in [4.78, 5) is 26.0. The molecule has 4 aliphatic rings. The minimum Gasteiger partial charge on any atom is -0.481 e. The Kier molecular flexibility index (Phi) is 8.41. The van der Waals surface area contributed by atoms with Gasteiger partial charge in [0.2, 0.25) is 0 Å². The van der Waals surface area contributed by atoms with Gasteiger partial charge in [0.25, 0.3) is 0 Å². The maximum Gasteiger partial charge on any atom is 0.315 e. The molecule has 3 aliphatic carbocycles. The number of allylic oxidation sites excluding steroid dienone is 3. The summed E-state index contributed by atoms with van der Waals surface area (Å²) in [7, 11) is 0. The number of carbonyl (C=O) groups excluding carboxylic acids is 1. The summed E-state index contributed by atoms with van der Waals surface area (Å²) >= 11 is 0. The van der Waals surface area contributed by atoms with Gasteiger partial charge in [-0.15, -0.1) is 0 Å². The average Bonchev–Trinajstić information content (AvgIpc) is 3.20. The van der Waals surface area contributed by atoms with Crippen LogP contribution in [0.3, 0.4) is 0 Å². The van der Waals surface area contributed by atoms with Gasteiger partial charge < -0.3 is 31.1 Å². The predicted molar refractivity (Wildman–Crippen MR) is 140 cm³/mol. The van der Waals surface area contributed by atoms with Crippen LogP contribution in [0.1, 0.15) is 90.9 Å². The van der Waals surface area contributed by atoms with Crippen molar-refractivity contribution in [1.29, 1.82) is 0 Å². The molecule has 0 aromatic rings. The van der Waals surface area contributed by atoms with Crippen LogP contribution in [-0.4, -0.2) is 61.8 Å². The number of urea groups is 1. The number of carboxylic acid groups (broad SMARTS) is 1. The van der Waals surface area contributed by atoms with Crippen molar-refractivity contribution in [3.05, 3.63) is 23.3 Å². The average molecular weight is 519 g/mol. The Morgan fingerprint density at radius 1 is 1.11 bits per heavy atom. The molecule has 4 fully saturated rings. The lowest BCUT2D eigenvalue weighted by atomic mass is 9.60. The number of hydrogen-bond donors (Lipinski definition) is 5. The molecule has 8 nitrogen and oxygen atoms in total. The van der Waals surface area contributed by atoms with E-state index in [-0.39, 0.29) is 23.8 Å². The highest BCUT2D eigenvalue weighted by molar-refractivity contribution is 5.75. The van der Waals surface area contributed by atoms with Crippen LogP contribution in [0.2, 0.25) is 0 Å². The molecule has 37 heavy (non-hydrogen) atoms. The van der Waals surface area contributed by atoms with E-state index in [2.05, 4.69) is 19.9 Å². The van der Waals surface area contributed by atoms with Crippen molar-refractivity contribution >= 4 is 12.0 Å². The summed E-state index contributed by atoms with van der Waals surface area (Å²) < 4.78 is 0. The van der Waals surface area contributed by atoms with E-state index < -0.39 is 29.8 Å². The first-order valence-electron chi connectivity index (χ1n) is 14.2. The Morgan fingerprint density at radius 3 is 2.54 bits per heavy atom. The zero-order chi connectivity index (χ0) is 27.0. The lowest BCUT2D eigenvalue weighted by Gasteiger charge is -2.45. The fourth-order valence-electron chi connectivity index (χ4n) is 8.31. The van der Waals surface area contributed by atoms with E-state index in [4.69, 9.17) is 5.73 Å². The van der Waals surface area contributed by atoms with Gasteiger partial charge in [0, 0.05) is 19.0 Å². The van der Waals surface area contributed by atoms with Crippen molar-refractivity contribution < 1.29 is 30.0 Å². The topological polar surface area (TPSA) is 144 Å². The fourth-order valence-corrected chi connectivity index (χ4v) is 8.31. The normalized spacial score (nSPS) is 37.8. The maximum absolute atomic E-state index is 12.4. The lowest BCUT2D eigenvalue weighted by molar-refractivity contribution is -0.231. The standard InChI is InChI=1S/C29H46N2O6/c1-18(16-21(26(33)34)24-7-3-4-15-31(24)27(30)35)22-11-12-23-20(6-5-14-28(22,23)2)10-8-19-9-13-25(32)29(36,37)17-19/h8,10,18,21-25,32,36-37H,3-7,9,11-17H2,1-2H3,(H2,30,35)(H,33,34)/t18-,21?,22-,23+,24?,25?,28-/m1/s1. The number of aliphatic carboxylic acids is 1. The molecule has 8 heteroatoms. The van der Waals surface area contributed by atoms with E-state index >= 15 is 0 Å². The van der Waals surface area contributed by atoms with E-state index in [1.807, 2.05) is 6.08 Å². The summed E-state index contributed by atoms with van der Waals surface area (Å²) in [6.07, 6.45) is 12.6. The monoisotopic (exact) mass is 518 g/mol. The number of nitrogens with two attached hydrogens (primary N) is 1. The molecule has 0 spiro atoms. The highest BCUT2D eigenvalue weighted by atomic mass is 16.5. The van der Waals surface area contributed by atoms with Crippen LogP contribution < -0.4 is 5.73 Å². The molecule has 6 N–H and O–H groups in total. The maximum atomic E-state index is 12.4. The number of piperidine rings is 1. The Balaban J connectivity index is 1.48. The first-order valence-corrected chi connectivity index (χ1v) is 14.2. The van der Waals surface area contributed by atoms with Gasteiger partial charge in [-0.2, -0.15) is 0 Å². The van der Waals surface area contributed by atoms with E-state index in [9.17, 15) is 30.0 Å². The summed E-state index contributed by atoms with van der Waals surface area (Å²) in [6.45, 7) is 5.11. The van der Waals surface area contributed by atoms with Crippen molar-refractivity contribution in [1.82, 2.24) is 4.90 Å². The first kappa shape index (κ1) is 28.1. The molecule has 3 unspecified atom stereocenters. The van der Waals surface area contributed by atoms with Crippen LogP contribution in [0.4, 0.5) is 4.79 Å². The van der Waals surface area contributed by atoms with Crippen LogP contribution in [0, 0.1) is 29.1 Å². The lowest BCUT2D eigenvalue weighted by Crippen LogP contribution is -2.52. The van der Waals surface area contributed by atoms with Crippen LogP contribution in [-0.2, 0) is 4.79 Å². The molecule has 0 radical (unpaired) electrons. The van der Waals surface area contributed by atoms with Crippen molar-refractivity contribution in [2.24, 2.45) is 34.8 Å². The third-order valence-electron chi connectivity index (χ3n) is 10.3.